The summed E-state index contributed by atoms with van der Waals surface area (Å²) in [6, 6.07) is 20.1. The minimum atomic E-state index is -0.539. The summed E-state index contributed by atoms with van der Waals surface area (Å²) in [6.45, 7) is -0.0306. The molecule has 0 aromatic heterocycles. The van der Waals surface area contributed by atoms with Gasteiger partial charge in [0.15, 0.2) is 11.5 Å². The monoisotopic (exact) mass is 630 g/mol. The number of thioether (sulfide) groups is 1. The molecule has 37 heavy (non-hydrogen) atoms. The van der Waals surface area contributed by atoms with Gasteiger partial charge in [-0.15, -0.1) is 0 Å². The number of nitrogens with zero attached hydrogens (tertiary/aromatic N) is 1. The number of hydrogen-bond donors (Lipinski definition) is 1. The van der Waals surface area contributed by atoms with Crippen LogP contribution in [0.25, 0.3) is 6.08 Å². The lowest BCUT2D eigenvalue weighted by Gasteiger charge is -2.14. The van der Waals surface area contributed by atoms with Gasteiger partial charge in [-0.1, -0.05) is 30.3 Å². The highest BCUT2D eigenvalue weighted by molar-refractivity contribution is 14.1. The number of imide groups is 1. The maximum atomic E-state index is 12.9. The average molecular weight is 630 g/mol. The summed E-state index contributed by atoms with van der Waals surface area (Å²) in [5, 5.41) is 2.15. The van der Waals surface area contributed by atoms with Crippen molar-refractivity contribution in [1.29, 1.82) is 0 Å². The summed E-state index contributed by atoms with van der Waals surface area (Å²) in [5.74, 6) is 0.478. The standard InChI is InChI=1S/C27H23IN2O6S/c1-34-21-6-4-3-5-20(21)29-25(31)15-30-26(32)24(37-27(30)33)14-18-9-12-22(23(13-18)35-2)36-16-17-7-10-19(28)11-8-17/h3-14H,15-16H2,1-2H3,(H,29,31)/b24-14-. The molecule has 3 amide bonds. The number of nitrogens with one attached hydrogen (secondary N) is 1. The zero-order valence-corrected chi connectivity index (χ0v) is 23.0. The van der Waals surface area contributed by atoms with Gasteiger partial charge in [-0.3, -0.25) is 19.3 Å². The summed E-state index contributed by atoms with van der Waals surface area (Å²) < 4.78 is 17.7. The molecule has 1 N–H and O–H groups in total. The Morgan fingerprint density at radius 3 is 2.43 bits per heavy atom. The first-order valence-electron chi connectivity index (χ1n) is 11.1. The van der Waals surface area contributed by atoms with Crippen LogP contribution in [0.1, 0.15) is 11.1 Å². The fourth-order valence-electron chi connectivity index (χ4n) is 3.50. The van der Waals surface area contributed by atoms with Crippen LogP contribution in [0.4, 0.5) is 10.5 Å². The number of amides is 3. The number of methoxy groups -OCH3 is 2. The van der Waals surface area contributed by atoms with E-state index in [1.165, 1.54) is 14.2 Å². The van der Waals surface area contributed by atoms with Crippen molar-refractivity contribution in [3.05, 3.63) is 86.3 Å². The molecule has 0 unspecified atom stereocenters. The molecule has 0 radical (unpaired) electrons. The third-order valence-electron chi connectivity index (χ3n) is 5.35. The second-order valence-corrected chi connectivity index (χ2v) is 10.1. The number of rotatable bonds is 9. The van der Waals surface area contributed by atoms with E-state index in [1.54, 1.807) is 48.5 Å². The van der Waals surface area contributed by atoms with Crippen molar-refractivity contribution in [2.24, 2.45) is 0 Å². The number of ether oxygens (including phenoxy) is 3. The first-order chi connectivity index (χ1) is 17.9. The highest BCUT2D eigenvalue weighted by Gasteiger charge is 2.36. The number of carbonyl (C=O) groups is 3. The molecule has 0 bridgehead atoms. The molecule has 3 aromatic rings. The largest absolute Gasteiger partial charge is 0.495 e. The predicted molar refractivity (Wildman–Crippen MR) is 151 cm³/mol. The van der Waals surface area contributed by atoms with Crippen LogP contribution in [0, 0.1) is 3.57 Å². The highest BCUT2D eigenvalue weighted by atomic mass is 127. The zero-order valence-electron chi connectivity index (χ0n) is 20.0. The van der Waals surface area contributed by atoms with Crippen molar-refractivity contribution in [2.75, 3.05) is 26.1 Å². The molecular formula is C27H23IN2O6S. The second-order valence-electron chi connectivity index (χ2n) is 7.84. The number of para-hydroxylation sites is 2. The van der Waals surface area contributed by atoms with E-state index in [1.807, 2.05) is 24.3 Å². The molecule has 0 saturated carbocycles. The Labute approximate surface area is 232 Å². The van der Waals surface area contributed by atoms with Crippen LogP contribution in [0.3, 0.4) is 0 Å². The van der Waals surface area contributed by atoms with Gasteiger partial charge in [0.25, 0.3) is 11.1 Å². The van der Waals surface area contributed by atoms with Crippen molar-refractivity contribution in [3.63, 3.8) is 0 Å². The van der Waals surface area contributed by atoms with Gasteiger partial charge < -0.3 is 19.5 Å². The predicted octanol–water partition coefficient (Wildman–Crippen LogP) is 5.56. The topological polar surface area (TPSA) is 94.2 Å². The van der Waals surface area contributed by atoms with Gasteiger partial charge >= 0.3 is 0 Å². The van der Waals surface area contributed by atoms with Crippen LogP contribution < -0.4 is 19.5 Å². The van der Waals surface area contributed by atoms with Crippen LogP contribution in [-0.2, 0) is 16.2 Å². The third-order valence-corrected chi connectivity index (χ3v) is 6.98. The Morgan fingerprint density at radius 1 is 0.973 bits per heavy atom. The molecule has 0 atom stereocenters. The van der Waals surface area contributed by atoms with Gasteiger partial charge in [0.1, 0.15) is 18.9 Å². The molecule has 1 saturated heterocycles. The summed E-state index contributed by atoms with van der Waals surface area (Å²) >= 11 is 3.03. The van der Waals surface area contributed by atoms with Crippen LogP contribution in [-0.4, -0.2) is 42.7 Å². The molecule has 10 heteroatoms. The molecule has 8 nitrogen and oxygen atoms in total. The van der Waals surface area contributed by atoms with E-state index < -0.39 is 23.6 Å². The number of carbonyl (C=O) groups excluding carboxylic acids is 3. The van der Waals surface area contributed by atoms with Gasteiger partial charge in [0, 0.05) is 3.57 Å². The molecule has 0 aliphatic carbocycles. The SMILES string of the molecule is COc1ccccc1NC(=O)CN1C(=O)S/C(=C\c2ccc(OCc3ccc(I)cc3)c(OC)c2)C1=O. The fraction of sp³-hybridized carbons (Fsp3) is 0.148. The third kappa shape index (κ3) is 6.63. The van der Waals surface area contributed by atoms with E-state index in [9.17, 15) is 14.4 Å². The van der Waals surface area contributed by atoms with Crippen molar-refractivity contribution >= 4 is 63.2 Å². The minimum Gasteiger partial charge on any atom is -0.495 e. The Hall–Kier alpha value is -3.51. The normalized spacial score (nSPS) is 14.1. The van der Waals surface area contributed by atoms with Crippen molar-refractivity contribution in [1.82, 2.24) is 4.90 Å². The zero-order chi connectivity index (χ0) is 26.4. The minimum absolute atomic E-state index is 0.213. The van der Waals surface area contributed by atoms with E-state index >= 15 is 0 Å². The number of benzene rings is 3. The van der Waals surface area contributed by atoms with Crippen LogP contribution in [0.5, 0.6) is 17.2 Å². The smallest absolute Gasteiger partial charge is 0.294 e. The number of halogens is 1. The molecule has 3 aromatic carbocycles. The molecule has 4 rings (SSSR count). The first kappa shape index (κ1) is 26.6. The average Bonchev–Trinajstić information content (AvgIpc) is 3.16. The van der Waals surface area contributed by atoms with Gasteiger partial charge in [-0.2, -0.15) is 0 Å². The molecule has 1 aliphatic rings. The second kappa shape index (κ2) is 12.2. The Balaban J connectivity index is 1.43. The fourth-order valence-corrected chi connectivity index (χ4v) is 4.70. The summed E-state index contributed by atoms with van der Waals surface area (Å²) in [7, 11) is 3.02. The maximum absolute atomic E-state index is 12.9. The lowest BCUT2D eigenvalue weighted by molar-refractivity contribution is -0.127. The van der Waals surface area contributed by atoms with E-state index in [-0.39, 0.29) is 4.91 Å². The summed E-state index contributed by atoms with van der Waals surface area (Å²) in [5.41, 5.74) is 2.13. The van der Waals surface area contributed by atoms with Crippen molar-refractivity contribution in [2.45, 2.75) is 6.61 Å². The van der Waals surface area contributed by atoms with Crippen LogP contribution in [0.15, 0.2) is 71.6 Å². The Kier molecular flexibility index (Phi) is 8.72. The van der Waals surface area contributed by atoms with E-state index in [0.29, 0.717) is 35.1 Å². The molecule has 0 spiro atoms. The van der Waals surface area contributed by atoms with E-state index in [2.05, 4.69) is 27.9 Å². The molecular weight excluding hydrogens is 607 g/mol. The quantitative estimate of drug-likeness (QED) is 0.245. The van der Waals surface area contributed by atoms with Gasteiger partial charge in [-0.25, -0.2) is 0 Å². The maximum Gasteiger partial charge on any atom is 0.294 e. The number of hydrogen-bond acceptors (Lipinski definition) is 7. The summed E-state index contributed by atoms with van der Waals surface area (Å²) in [4.78, 5) is 39.0. The van der Waals surface area contributed by atoms with Gasteiger partial charge in [0.05, 0.1) is 24.8 Å². The molecule has 1 heterocycles. The highest BCUT2D eigenvalue weighted by Crippen LogP contribution is 2.35. The Morgan fingerprint density at radius 2 is 1.70 bits per heavy atom. The molecule has 1 aliphatic heterocycles. The van der Waals surface area contributed by atoms with Crippen LogP contribution >= 0.6 is 34.4 Å². The molecule has 1 fully saturated rings. The molecule has 190 valence electrons. The van der Waals surface area contributed by atoms with E-state index in [4.69, 9.17) is 14.2 Å². The Bertz CT molecular complexity index is 1360. The van der Waals surface area contributed by atoms with Crippen molar-refractivity contribution in [3.8, 4) is 17.2 Å². The van der Waals surface area contributed by atoms with Gasteiger partial charge in [-0.05, 0) is 88.0 Å². The lowest BCUT2D eigenvalue weighted by atomic mass is 10.1. The lowest BCUT2D eigenvalue weighted by Crippen LogP contribution is -2.36. The number of anilines is 1. The van der Waals surface area contributed by atoms with Crippen molar-refractivity contribution < 1.29 is 28.6 Å². The van der Waals surface area contributed by atoms with Gasteiger partial charge in [0.2, 0.25) is 5.91 Å². The van der Waals surface area contributed by atoms with E-state index in [0.717, 1.165) is 25.8 Å². The van der Waals surface area contributed by atoms with Crippen LogP contribution in [0.2, 0.25) is 0 Å². The first-order valence-corrected chi connectivity index (χ1v) is 13.0. The summed E-state index contributed by atoms with van der Waals surface area (Å²) in [6.07, 6.45) is 1.59.